The average Bonchev–Trinajstić information content (AvgIpc) is 3.20. The molecule has 1 aliphatic rings. The molecule has 1 atom stereocenters. The zero-order chi connectivity index (χ0) is 14.3. The predicted octanol–water partition coefficient (Wildman–Crippen LogP) is 0.731. The summed E-state index contributed by atoms with van der Waals surface area (Å²) in [6.07, 6.45) is 4.28. The lowest BCUT2D eigenvalue weighted by Crippen LogP contribution is -2.55. The average molecular weight is 271 g/mol. The second kappa shape index (κ2) is 7.82. The first-order valence-corrected chi connectivity index (χ1v) is 7.31. The van der Waals surface area contributed by atoms with Crippen molar-refractivity contribution >= 4 is 5.91 Å². The van der Waals surface area contributed by atoms with E-state index in [4.69, 9.17) is 10.5 Å². The Bertz CT molecular complexity index is 282. The summed E-state index contributed by atoms with van der Waals surface area (Å²) < 4.78 is 5.15. The van der Waals surface area contributed by atoms with Gasteiger partial charge in [-0.25, -0.2) is 0 Å². The smallest absolute Gasteiger partial charge is 0.237 e. The van der Waals surface area contributed by atoms with E-state index in [1.807, 2.05) is 6.92 Å². The summed E-state index contributed by atoms with van der Waals surface area (Å²) in [6.45, 7) is 7.39. The van der Waals surface area contributed by atoms with Crippen LogP contribution in [0.25, 0.3) is 0 Å². The molecule has 0 aromatic rings. The van der Waals surface area contributed by atoms with Crippen molar-refractivity contribution in [3.05, 3.63) is 0 Å². The number of amides is 1. The number of ether oxygens (including phenoxy) is 1. The Hall–Kier alpha value is -0.650. The van der Waals surface area contributed by atoms with E-state index >= 15 is 0 Å². The van der Waals surface area contributed by atoms with E-state index in [0.717, 1.165) is 39.1 Å². The van der Waals surface area contributed by atoms with Crippen molar-refractivity contribution in [3.63, 3.8) is 0 Å². The third kappa shape index (κ3) is 5.47. The Morgan fingerprint density at radius 1 is 1.47 bits per heavy atom. The third-order valence-corrected chi connectivity index (χ3v) is 3.85. The molecule has 3 N–H and O–H groups in total. The van der Waals surface area contributed by atoms with Gasteiger partial charge in [0, 0.05) is 26.2 Å². The number of carbonyl (C=O) groups excluding carboxylic acids is 1. The third-order valence-electron chi connectivity index (χ3n) is 3.85. The molecule has 5 nitrogen and oxygen atoms in total. The van der Waals surface area contributed by atoms with Gasteiger partial charge >= 0.3 is 0 Å². The van der Waals surface area contributed by atoms with Crippen molar-refractivity contribution in [1.82, 2.24) is 10.2 Å². The van der Waals surface area contributed by atoms with Gasteiger partial charge in [0.1, 0.15) is 0 Å². The minimum absolute atomic E-state index is 0.261. The summed E-state index contributed by atoms with van der Waals surface area (Å²) in [6, 6.07) is 0.679. The number of carbonyl (C=O) groups is 1. The highest BCUT2D eigenvalue weighted by molar-refractivity contribution is 5.84. The van der Waals surface area contributed by atoms with Crippen molar-refractivity contribution in [1.29, 1.82) is 0 Å². The topological polar surface area (TPSA) is 67.6 Å². The molecule has 0 heterocycles. The number of nitrogens with two attached hydrogens (primary N) is 1. The lowest BCUT2D eigenvalue weighted by Gasteiger charge is -2.31. The van der Waals surface area contributed by atoms with Crippen LogP contribution in [0.5, 0.6) is 0 Å². The number of hydrogen-bond acceptors (Lipinski definition) is 4. The molecule has 0 radical (unpaired) electrons. The normalized spacial score (nSPS) is 18.5. The summed E-state index contributed by atoms with van der Waals surface area (Å²) in [7, 11) is 1.72. The molecule has 1 saturated carbocycles. The molecular weight excluding hydrogens is 242 g/mol. The Kier molecular flexibility index (Phi) is 6.75. The summed E-state index contributed by atoms with van der Waals surface area (Å²) in [4.78, 5) is 14.1. The maximum Gasteiger partial charge on any atom is 0.237 e. The highest BCUT2D eigenvalue weighted by Gasteiger charge is 2.34. The number of methoxy groups -OCH3 is 1. The molecule has 0 bridgehead atoms. The molecule has 1 amide bonds. The number of nitrogens with zero attached hydrogens (tertiary/aromatic N) is 1. The lowest BCUT2D eigenvalue weighted by molar-refractivity contribution is -0.124. The first-order chi connectivity index (χ1) is 9.03. The van der Waals surface area contributed by atoms with E-state index in [-0.39, 0.29) is 5.91 Å². The number of hydrogen-bond donors (Lipinski definition) is 2. The highest BCUT2D eigenvalue weighted by atomic mass is 16.5. The molecule has 0 aromatic heterocycles. The van der Waals surface area contributed by atoms with Crippen LogP contribution in [-0.4, -0.2) is 55.7 Å². The van der Waals surface area contributed by atoms with Gasteiger partial charge in [0.25, 0.3) is 0 Å². The van der Waals surface area contributed by atoms with Gasteiger partial charge in [-0.05, 0) is 39.2 Å². The molecule has 5 heteroatoms. The molecule has 19 heavy (non-hydrogen) atoms. The molecule has 0 saturated heterocycles. The van der Waals surface area contributed by atoms with Crippen molar-refractivity contribution in [2.75, 3.05) is 33.4 Å². The maximum absolute atomic E-state index is 11.7. The van der Waals surface area contributed by atoms with Crippen LogP contribution in [0, 0.1) is 0 Å². The maximum atomic E-state index is 11.7. The second-order valence-electron chi connectivity index (χ2n) is 5.63. The predicted molar refractivity (Wildman–Crippen MR) is 77.0 cm³/mol. The van der Waals surface area contributed by atoms with Crippen LogP contribution in [0.3, 0.4) is 0 Å². The van der Waals surface area contributed by atoms with Crippen molar-refractivity contribution in [3.8, 4) is 0 Å². The monoisotopic (exact) mass is 271 g/mol. The quantitative estimate of drug-likeness (QED) is 0.581. The number of nitrogens with one attached hydrogen (secondary N) is 1. The second-order valence-corrected chi connectivity index (χ2v) is 5.63. The molecule has 112 valence electrons. The van der Waals surface area contributed by atoms with Crippen LogP contribution in [0.1, 0.15) is 39.5 Å². The molecule has 0 spiro atoms. The Morgan fingerprint density at radius 2 is 2.16 bits per heavy atom. The molecular formula is C14H29N3O2. The Labute approximate surface area is 116 Å². The minimum atomic E-state index is -0.601. The van der Waals surface area contributed by atoms with Crippen LogP contribution in [0.2, 0.25) is 0 Å². The minimum Gasteiger partial charge on any atom is -0.383 e. The standard InChI is InChI=1S/C14H29N3O2/c1-4-8-16-14(2,13(15)18)7-9-17(10-11-19-3)12-5-6-12/h12,16H,4-11H2,1-3H3,(H2,15,18). The van der Waals surface area contributed by atoms with Crippen LogP contribution in [0.4, 0.5) is 0 Å². The largest absolute Gasteiger partial charge is 0.383 e. The molecule has 1 aliphatic carbocycles. The summed E-state index contributed by atoms with van der Waals surface area (Å²) in [5, 5.41) is 3.28. The van der Waals surface area contributed by atoms with Gasteiger partial charge in [-0.15, -0.1) is 0 Å². The summed E-state index contributed by atoms with van der Waals surface area (Å²) in [5.74, 6) is -0.261. The van der Waals surface area contributed by atoms with Crippen LogP contribution < -0.4 is 11.1 Å². The number of primary amides is 1. The molecule has 0 aliphatic heterocycles. The van der Waals surface area contributed by atoms with Crippen molar-refractivity contribution < 1.29 is 9.53 Å². The van der Waals surface area contributed by atoms with Gasteiger partial charge in [-0.3, -0.25) is 9.69 Å². The van der Waals surface area contributed by atoms with E-state index in [1.165, 1.54) is 12.8 Å². The zero-order valence-electron chi connectivity index (χ0n) is 12.6. The van der Waals surface area contributed by atoms with Gasteiger partial charge in [0.15, 0.2) is 0 Å². The van der Waals surface area contributed by atoms with E-state index in [1.54, 1.807) is 7.11 Å². The lowest BCUT2D eigenvalue weighted by atomic mass is 9.96. The highest BCUT2D eigenvalue weighted by Crippen LogP contribution is 2.27. The Morgan fingerprint density at radius 3 is 2.63 bits per heavy atom. The summed E-state index contributed by atoms with van der Waals surface area (Å²) >= 11 is 0. The fourth-order valence-corrected chi connectivity index (χ4v) is 2.19. The molecule has 1 unspecified atom stereocenters. The first kappa shape index (κ1) is 16.4. The van der Waals surface area contributed by atoms with Gasteiger partial charge < -0.3 is 15.8 Å². The molecule has 0 aromatic carbocycles. The van der Waals surface area contributed by atoms with E-state index in [9.17, 15) is 4.79 Å². The van der Waals surface area contributed by atoms with E-state index in [0.29, 0.717) is 6.04 Å². The first-order valence-electron chi connectivity index (χ1n) is 7.31. The van der Waals surface area contributed by atoms with Gasteiger partial charge in [-0.2, -0.15) is 0 Å². The SMILES string of the molecule is CCCNC(C)(CCN(CCOC)C1CC1)C(N)=O. The van der Waals surface area contributed by atoms with E-state index < -0.39 is 5.54 Å². The molecule has 1 fully saturated rings. The van der Waals surface area contributed by atoms with Gasteiger partial charge in [0.2, 0.25) is 5.91 Å². The Balaban J connectivity index is 2.45. The molecule has 1 rings (SSSR count). The number of rotatable bonds is 11. The zero-order valence-corrected chi connectivity index (χ0v) is 12.6. The fourth-order valence-electron chi connectivity index (χ4n) is 2.19. The van der Waals surface area contributed by atoms with Crippen LogP contribution in [0.15, 0.2) is 0 Å². The van der Waals surface area contributed by atoms with Gasteiger partial charge in [-0.1, -0.05) is 6.92 Å². The van der Waals surface area contributed by atoms with Crippen molar-refractivity contribution in [2.45, 2.75) is 51.1 Å². The van der Waals surface area contributed by atoms with E-state index in [2.05, 4.69) is 17.1 Å². The van der Waals surface area contributed by atoms with Gasteiger partial charge in [0.05, 0.1) is 12.1 Å². The van der Waals surface area contributed by atoms with Crippen LogP contribution >= 0.6 is 0 Å². The van der Waals surface area contributed by atoms with Crippen molar-refractivity contribution in [2.24, 2.45) is 5.73 Å². The fraction of sp³-hybridized carbons (Fsp3) is 0.929. The van der Waals surface area contributed by atoms with Crippen LogP contribution in [-0.2, 0) is 9.53 Å². The summed E-state index contributed by atoms with van der Waals surface area (Å²) in [5.41, 5.74) is 4.94.